The van der Waals surface area contributed by atoms with Crippen molar-refractivity contribution in [3.8, 4) is 0 Å². The van der Waals surface area contributed by atoms with E-state index in [0.29, 0.717) is 6.23 Å². The first-order valence-electron chi connectivity index (χ1n) is 7.34. The molecule has 0 unspecified atom stereocenters. The molecule has 1 N–H and O–H groups in total. The number of hydrogen-bond donors (Lipinski definition) is 1. The summed E-state index contributed by atoms with van der Waals surface area (Å²) in [6.45, 7) is 2.28. The molecule has 16 heavy (non-hydrogen) atoms. The molecule has 0 bridgehead atoms. The Morgan fingerprint density at radius 2 is 1.19 bits per heavy atom. The van der Waals surface area contributed by atoms with Crippen molar-refractivity contribution in [1.82, 2.24) is 5.48 Å². The summed E-state index contributed by atoms with van der Waals surface area (Å²) in [7, 11) is 0. The van der Waals surface area contributed by atoms with E-state index in [-0.39, 0.29) is 0 Å². The van der Waals surface area contributed by atoms with E-state index in [2.05, 4.69) is 12.4 Å². The quantitative estimate of drug-likeness (QED) is 0.392. The summed E-state index contributed by atoms with van der Waals surface area (Å²) in [5.41, 5.74) is 2.87. The van der Waals surface area contributed by atoms with Gasteiger partial charge in [0.2, 0.25) is 0 Å². The molecule has 0 aliphatic carbocycles. The van der Waals surface area contributed by atoms with Crippen LogP contribution in [0.2, 0.25) is 0 Å². The van der Waals surface area contributed by atoms with Gasteiger partial charge in [-0.3, -0.25) is 4.84 Å². The first kappa shape index (κ1) is 14.0. The smallest absolute Gasteiger partial charge is 0.151 e. The van der Waals surface area contributed by atoms with Gasteiger partial charge in [0.05, 0.1) is 0 Å². The largest absolute Gasteiger partial charge is 0.278 e. The molecular weight excluding hydrogens is 198 g/mol. The van der Waals surface area contributed by atoms with E-state index in [0.717, 1.165) is 0 Å². The van der Waals surface area contributed by atoms with Crippen molar-refractivity contribution in [1.29, 1.82) is 0 Å². The molecule has 0 spiro atoms. The molecule has 1 heterocycles. The van der Waals surface area contributed by atoms with Crippen LogP contribution in [0.15, 0.2) is 0 Å². The fraction of sp³-hybridized carbons (Fsp3) is 1.00. The highest BCUT2D eigenvalue weighted by atomic mass is 16.8. The van der Waals surface area contributed by atoms with Gasteiger partial charge in [0.15, 0.2) is 6.23 Å². The maximum Gasteiger partial charge on any atom is 0.151 e. The fourth-order valence-corrected chi connectivity index (χ4v) is 2.16. The molecule has 1 aliphatic heterocycles. The molecule has 0 aromatic rings. The van der Waals surface area contributed by atoms with Crippen LogP contribution in [0.4, 0.5) is 0 Å². The molecule has 0 amide bonds. The Hall–Kier alpha value is -0.0800. The maximum absolute atomic E-state index is 4.95. The van der Waals surface area contributed by atoms with Crippen LogP contribution >= 0.6 is 0 Å². The molecule has 2 heteroatoms. The molecule has 0 saturated carbocycles. The molecule has 1 rings (SSSR count). The van der Waals surface area contributed by atoms with Gasteiger partial charge in [0.25, 0.3) is 0 Å². The summed E-state index contributed by atoms with van der Waals surface area (Å²) in [6.07, 6.45) is 17.2. The average molecular weight is 227 g/mol. The second-order valence-corrected chi connectivity index (χ2v) is 5.05. The summed E-state index contributed by atoms with van der Waals surface area (Å²) in [6, 6.07) is 0. The van der Waals surface area contributed by atoms with Crippen LogP contribution < -0.4 is 5.48 Å². The Kier molecular flexibility index (Phi) is 8.83. The molecule has 1 aliphatic rings. The van der Waals surface area contributed by atoms with E-state index in [9.17, 15) is 0 Å². The minimum atomic E-state index is 0.401. The van der Waals surface area contributed by atoms with E-state index < -0.39 is 0 Å². The molecule has 1 saturated heterocycles. The van der Waals surface area contributed by atoms with Gasteiger partial charge in [0, 0.05) is 0 Å². The van der Waals surface area contributed by atoms with Crippen LogP contribution in [0, 0.1) is 0 Å². The first-order chi connectivity index (χ1) is 7.93. The zero-order valence-electron chi connectivity index (χ0n) is 11.0. The lowest BCUT2D eigenvalue weighted by Gasteiger charge is -2.01. The normalized spacial score (nSPS) is 18.9. The molecule has 0 radical (unpaired) electrons. The van der Waals surface area contributed by atoms with Gasteiger partial charge < -0.3 is 0 Å². The van der Waals surface area contributed by atoms with Crippen LogP contribution in [0.1, 0.15) is 84.0 Å². The number of nitrogens with one attached hydrogen (secondary N) is 1. The van der Waals surface area contributed by atoms with Crippen LogP contribution in [0.3, 0.4) is 0 Å². The fourth-order valence-electron chi connectivity index (χ4n) is 2.16. The Morgan fingerprint density at radius 1 is 0.750 bits per heavy atom. The van der Waals surface area contributed by atoms with Gasteiger partial charge in [-0.15, -0.1) is 0 Å². The van der Waals surface area contributed by atoms with E-state index >= 15 is 0 Å². The molecule has 0 aromatic heterocycles. The van der Waals surface area contributed by atoms with Gasteiger partial charge in [-0.1, -0.05) is 71.1 Å². The van der Waals surface area contributed by atoms with E-state index in [1.54, 1.807) is 0 Å². The second-order valence-electron chi connectivity index (χ2n) is 5.05. The summed E-state index contributed by atoms with van der Waals surface area (Å²) in [5, 5.41) is 0. The molecule has 1 atom stereocenters. The van der Waals surface area contributed by atoms with Crippen LogP contribution in [-0.2, 0) is 4.84 Å². The zero-order valence-corrected chi connectivity index (χ0v) is 11.0. The van der Waals surface area contributed by atoms with Gasteiger partial charge >= 0.3 is 0 Å². The van der Waals surface area contributed by atoms with Gasteiger partial charge in [0.1, 0.15) is 0 Å². The van der Waals surface area contributed by atoms with Gasteiger partial charge in [-0.2, -0.15) is 5.48 Å². The molecule has 2 nitrogen and oxygen atoms in total. The lowest BCUT2D eigenvalue weighted by molar-refractivity contribution is 0.357. The molecular formula is C14H29NO. The average Bonchev–Trinajstić information content (AvgIpc) is 3.10. The van der Waals surface area contributed by atoms with Crippen LogP contribution in [-0.4, -0.2) is 6.23 Å². The maximum atomic E-state index is 4.95. The van der Waals surface area contributed by atoms with Crippen LogP contribution in [0.25, 0.3) is 0 Å². The van der Waals surface area contributed by atoms with Crippen molar-refractivity contribution in [2.24, 2.45) is 0 Å². The number of hydrogen-bond acceptors (Lipinski definition) is 2. The third-order valence-corrected chi connectivity index (χ3v) is 3.35. The Balaban J connectivity index is 1.61. The summed E-state index contributed by atoms with van der Waals surface area (Å²) in [4.78, 5) is 4.95. The lowest BCUT2D eigenvalue weighted by Crippen LogP contribution is -1.89. The third kappa shape index (κ3) is 9.17. The van der Waals surface area contributed by atoms with Crippen molar-refractivity contribution in [2.45, 2.75) is 90.2 Å². The zero-order chi connectivity index (χ0) is 11.5. The van der Waals surface area contributed by atoms with Gasteiger partial charge in [-0.05, 0) is 12.8 Å². The highest BCUT2D eigenvalue weighted by Gasteiger charge is 2.20. The minimum Gasteiger partial charge on any atom is -0.278 e. The first-order valence-corrected chi connectivity index (χ1v) is 7.34. The van der Waals surface area contributed by atoms with Crippen molar-refractivity contribution >= 4 is 0 Å². The number of rotatable bonds is 12. The Bertz CT molecular complexity index is 146. The Labute approximate surface area is 101 Å². The highest BCUT2D eigenvalue weighted by Crippen LogP contribution is 2.14. The van der Waals surface area contributed by atoms with E-state index in [1.165, 1.54) is 77.0 Å². The van der Waals surface area contributed by atoms with Gasteiger partial charge in [-0.25, -0.2) is 0 Å². The van der Waals surface area contributed by atoms with Crippen LogP contribution in [0.5, 0.6) is 0 Å². The predicted molar refractivity (Wildman–Crippen MR) is 69.1 cm³/mol. The van der Waals surface area contributed by atoms with E-state index in [1.807, 2.05) is 0 Å². The topological polar surface area (TPSA) is 34.5 Å². The second kappa shape index (κ2) is 10.1. The molecule has 1 fully saturated rings. The monoisotopic (exact) mass is 227 g/mol. The van der Waals surface area contributed by atoms with Crippen molar-refractivity contribution < 1.29 is 4.84 Å². The number of unbranched alkanes of at least 4 members (excludes halogenated alkanes) is 10. The summed E-state index contributed by atoms with van der Waals surface area (Å²) in [5.74, 6) is 0. The Morgan fingerprint density at radius 3 is 1.62 bits per heavy atom. The highest BCUT2D eigenvalue weighted by molar-refractivity contribution is 4.58. The van der Waals surface area contributed by atoms with Crippen molar-refractivity contribution in [2.75, 3.05) is 0 Å². The standard InChI is InChI=1S/C14H29NO/c1-2-3-4-5-6-7-8-9-10-11-12-13-14-15-16-14/h14-15H,2-13H2,1H3/t14-/m1/s1. The number of hydroxylamine groups is 1. The molecule has 96 valence electrons. The lowest BCUT2D eigenvalue weighted by atomic mass is 10.1. The predicted octanol–water partition coefficient (Wildman–Crippen LogP) is 4.55. The third-order valence-electron chi connectivity index (χ3n) is 3.35. The minimum absolute atomic E-state index is 0.401. The van der Waals surface area contributed by atoms with E-state index in [4.69, 9.17) is 4.84 Å². The summed E-state index contributed by atoms with van der Waals surface area (Å²) >= 11 is 0. The van der Waals surface area contributed by atoms with Crippen molar-refractivity contribution in [3.63, 3.8) is 0 Å². The molecule has 0 aromatic carbocycles. The summed E-state index contributed by atoms with van der Waals surface area (Å²) < 4.78 is 0. The van der Waals surface area contributed by atoms with Crippen molar-refractivity contribution in [3.05, 3.63) is 0 Å². The SMILES string of the molecule is CCCCCCCCCCCCC[C@@H]1NO1.